The molecule has 1 aliphatic rings. The molecule has 1 aromatic rings. The first-order valence-corrected chi connectivity index (χ1v) is 7.53. The average molecular weight is 237 g/mol. The lowest BCUT2D eigenvalue weighted by Crippen LogP contribution is -2.32. The molecule has 0 amide bonds. The molecule has 1 unspecified atom stereocenters. The van der Waals surface area contributed by atoms with Crippen molar-refractivity contribution in [2.45, 2.75) is 51.0 Å². The molecule has 1 aliphatic carbocycles. The molecule has 0 radical (unpaired) electrons. The van der Waals surface area contributed by atoms with E-state index in [1.54, 1.807) is 0 Å². The summed E-state index contributed by atoms with van der Waals surface area (Å²) in [4.78, 5) is 0. The van der Waals surface area contributed by atoms with Crippen LogP contribution in [-0.2, 0) is 6.42 Å². The number of hydrogen-bond acceptors (Lipinski definition) is 2. The fraction of sp³-hybridized carbons (Fsp3) is 0.714. The summed E-state index contributed by atoms with van der Waals surface area (Å²) in [7, 11) is 2.13. The molecule has 2 heteroatoms. The van der Waals surface area contributed by atoms with Crippen molar-refractivity contribution < 1.29 is 0 Å². The molecule has 1 heterocycles. The molecule has 1 N–H and O–H groups in total. The van der Waals surface area contributed by atoms with Crippen LogP contribution in [0.15, 0.2) is 16.8 Å². The summed E-state index contributed by atoms with van der Waals surface area (Å²) in [6.07, 6.45) is 9.73. The largest absolute Gasteiger partial charge is 0.317 e. The molecule has 0 saturated heterocycles. The van der Waals surface area contributed by atoms with Crippen LogP contribution < -0.4 is 5.32 Å². The first-order chi connectivity index (χ1) is 7.90. The Labute approximate surface area is 103 Å². The van der Waals surface area contributed by atoms with Crippen LogP contribution in [0.2, 0.25) is 0 Å². The third kappa shape index (κ3) is 3.33. The van der Waals surface area contributed by atoms with Gasteiger partial charge in [-0.25, -0.2) is 0 Å². The van der Waals surface area contributed by atoms with Crippen LogP contribution in [0.25, 0.3) is 0 Å². The van der Waals surface area contributed by atoms with E-state index in [0.717, 1.165) is 12.0 Å². The van der Waals surface area contributed by atoms with Gasteiger partial charge in [-0.3, -0.25) is 0 Å². The number of hydrogen-bond donors (Lipinski definition) is 1. The first-order valence-electron chi connectivity index (χ1n) is 6.58. The van der Waals surface area contributed by atoms with Crippen molar-refractivity contribution in [1.82, 2.24) is 5.32 Å². The minimum absolute atomic E-state index is 0.765. The van der Waals surface area contributed by atoms with Crippen LogP contribution in [0.3, 0.4) is 0 Å². The van der Waals surface area contributed by atoms with Crippen molar-refractivity contribution in [2.75, 3.05) is 7.05 Å². The summed E-state index contributed by atoms with van der Waals surface area (Å²) in [6.45, 7) is 0. The van der Waals surface area contributed by atoms with E-state index in [1.165, 1.54) is 50.5 Å². The van der Waals surface area contributed by atoms with Crippen molar-refractivity contribution in [3.63, 3.8) is 0 Å². The minimum atomic E-state index is 0.765. The van der Waals surface area contributed by atoms with Gasteiger partial charge in [-0.2, -0.15) is 11.3 Å². The van der Waals surface area contributed by atoms with E-state index in [2.05, 4.69) is 29.2 Å². The van der Waals surface area contributed by atoms with Crippen molar-refractivity contribution in [1.29, 1.82) is 0 Å². The molecular weight excluding hydrogens is 214 g/mol. The van der Waals surface area contributed by atoms with E-state index < -0.39 is 0 Å². The van der Waals surface area contributed by atoms with Gasteiger partial charge in [-0.15, -0.1) is 0 Å². The zero-order chi connectivity index (χ0) is 11.2. The predicted octanol–water partition coefficient (Wildman–Crippen LogP) is 3.85. The van der Waals surface area contributed by atoms with Crippen molar-refractivity contribution in [3.8, 4) is 0 Å². The second kappa shape index (κ2) is 6.41. The van der Waals surface area contributed by atoms with Gasteiger partial charge in [-0.05, 0) is 67.5 Å². The quantitative estimate of drug-likeness (QED) is 0.792. The molecule has 1 atom stereocenters. The van der Waals surface area contributed by atoms with Gasteiger partial charge >= 0.3 is 0 Å². The molecular formula is C14H23NS. The summed E-state index contributed by atoms with van der Waals surface area (Å²) in [5.41, 5.74) is 1.52. The number of thiophene rings is 1. The normalized spacial score (nSPS) is 19.1. The monoisotopic (exact) mass is 237 g/mol. The van der Waals surface area contributed by atoms with Gasteiger partial charge in [0.1, 0.15) is 0 Å². The van der Waals surface area contributed by atoms with Crippen molar-refractivity contribution in [3.05, 3.63) is 22.4 Å². The Hall–Kier alpha value is -0.340. The lowest BCUT2D eigenvalue weighted by molar-refractivity contribution is 0.353. The molecule has 90 valence electrons. The summed E-state index contributed by atoms with van der Waals surface area (Å²) in [5, 5.41) is 7.99. The maximum Gasteiger partial charge on any atom is 0.00924 e. The third-order valence-corrected chi connectivity index (χ3v) is 4.63. The maximum absolute atomic E-state index is 3.53. The van der Waals surface area contributed by atoms with E-state index in [9.17, 15) is 0 Å². The lowest BCUT2D eigenvalue weighted by Gasteiger charge is -2.22. The molecule has 16 heavy (non-hydrogen) atoms. The van der Waals surface area contributed by atoms with Gasteiger partial charge in [0, 0.05) is 6.04 Å². The Morgan fingerprint density at radius 3 is 2.88 bits per heavy atom. The number of nitrogens with one attached hydrogen (secondary N) is 1. The fourth-order valence-corrected chi connectivity index (χ4v) is 3.64. The maximum atomic E-state index is 3.53. The van der Waals surface area contributed by atoms with Gasteiger partial charge in [-0.1, -0.05) is 12.8 Å². The van der Waals surface area contributed by atoms with E-state index in [-0.39, 0.29) is 0 Å². The smallest absolute Gasteiger partial charge is 0.00924 e. The zero-order valence-electron chi connectivity index (χ0n) is 10.2. The number of aryl methyl sites for hydroxylation is 1. The highest BCUT2D eigenvalue weighted by Gasteiger charge is 2.22. The summed E-state index contributed by atoms with van der Waals surface area (Å²) in [5.74, 6) is 0.951. The van der Waals surface area contributed by atoms with E-state index in [1.807, 2.05) is 11.3 Å². The van der Waals surface area contributed by atoms with Crippen molar-refractivity contribution in [2.24, 2.45) is 5.92 Å². The Morgan fingerprint density at radius 2 is 2.25 bits per heavy atom. The molecule has 0 aliphatic heterocycles. The Bertz CT molecular complexity index is 275. The van der Waals surface area contributed by atoms with Crippen LogP contribution >= 0.6 is 11.3 Å². The zero-order valence-corrected chi connectivity index (χ0v) is 11.1. The van der Waals surface area contributed by atoms with Crippen LogP contribution in [0.5, 0.6) is 0 Å². The topological polar surface area (TPSA) is 12.0 Å². The minimum Gasteiger partial charge on any atom is -0.317 e. The van der Waals surface area contributed by atoms with E-state index in [0.29, 0.717) is 0 Å². The van der Waals surface area contributed by atoms with Gasteiger partial charge in [0.25, 0.3) is 0 Å². The highest BCUT2D eigenvalue weighted by molar-refractivity contribution is 7.07. The summed E-state index contributed by atoms with van der Waals surface area (Å²) in [6, 6.07) is 3.02. The summed E-state index contributed by atoms with van der Waals surface area (Å²) >= 11 is 1.81. The molecule has 1 fully saturated rings. The second-order valence-electron chi connectivity index (χ2n) is 4.96. The number of rotatable bonds is 6. The SMILES string of the molecule is CNC(CCCc1ccsc1)C1CCCC1. The molecule has 0 bridgehead atoms. The van der Waals surface area contributed by atoms with Crippen LogP contribution in [0.1, 0.15) is 44.1 Å². The lowest BCUT2D eigenvalue weighted by atomic mass is 9.93. The Morgan fingerprint density at radius 1 is 1.44 bits per heavy atom. The summed E-state index contributed by atoms with van der Waals surface area (Å²) < 4.78 is 0. The molecule has 1 saturated carbocycles. The molecule has 1 nitrogen and oxygen atoms in total. The standard InChI is InChI=1S/C14H23NS/c1-15-14(13-6-2-3-7-13)8-4-5-12-9-10-16-11-12/h9-11,13-15H,2-8H2,1H3. The highest BCUT2D eigenvalue weighted by Crippen LogP contribution is 2.29. The van der Waals surface area contributed by atoms with E-state index in [4.69, 9.17) is 0 Å². The molecule has 2 rings (SSSR count). The van der Waals surface area contributed by atoms with Gasteiger partial charge in [0.15, 0.2) is 0 Å². The van der Waals surface area contributed by atoms with Gasteiger partial charge < -0.3 is 5.32 Å². The van der Waals surface area contributed by atoms with Crippen LogP contribution in [0, 0.1) is 5.92 Å². The molecule has 0 spiro atoms. The van der Waals surface area contributed by atoms with Crippen molar-refractivity contribution >= 4 is 11.3 Å². The highest BCUT2D eigenvalue weighted by atomic mass is 32.1. The van der Waals surface area contributed by atoms with Gasteiger partial charge in [0.2, 0.25) is 0 Å². The Kier molecular flexibility index (Phi) is 4.86. The Balaban J connectivity index is 1.70. The van der Waals surface area contributed by atoms with Gasteiger partial charge in [0.05, 0.1) is 0 Å². The average Bonchev–Trinajstić information content (AvgIpc) is 2.96. The van der Waals surface area contributed by atoms with Crippen LogP contribution in [-0.4, -0.2) is 13.1 Å². The molecule has 1 aromatic heterocycles. The molecule has 0 aromatic carbocycles. The fourth-order valence-electron chi connectivity index (χ4n) is 2.94. The second-order valence-corrected chi connectivity index (χ2v) is 5.74. The van der Waals surface area contributed by atoms with Crippen LogP contribution in [0.4, 0.5) is 0 Å². The predicted molar refractivity (Wildman–Crippen MR) is 72.1 cm³/mol. The van der Waals surface area contributed by atoms with E-state index >= 15 is 0 Å². The first kappa shape index (κ1) is 12.1. The third-order valence-electron chi connectivity index (χ3n) is 3.90.